The lowest BCUT2D eigenvalue weighted by Crippen LogP contribution is -2.45. The quantitative estimate of drug-likeness (QED) is 0.133. The molecule has 0 saturated heterocycles. The Hall–Kier alpha value is -4.45. The fraction of sp³-hybridized carbons (Fsp3) is 0.257. The third-order valence-electron chi connectivity index (χ3n) is 6.93. The first kappa shape index (κ1) is 35.4. The van der Waals surface area contributed by atoms with E-state index in [1.54, 1.807) is 48.5 Å². The van der Waals surface area contributed by atoms with E-state index in [0.29, 0.717) is 30.2 Å². The maximum absolute atomic E-state index is 13.9. The number of benzene rings is 4. The summed E-state index contributed by atoms with van der Waals surface area (Å²) in [6.07, 6.45) is 0.680. The fourth-order valence-corrected chi connectivity index (χ4v) is 5.78. The molecule has 47 heavy (non-hydrogen) atoms. The van der Waals surface area contributed by atoms with Crippen LogP contribution in [0.1, 0.15) is 37.4 Å². The molecule has 4 rings (SSSR count). The number of carbonyl (C=O) groups excluding carboxylic acids is 2. The van der Waals surface area contributed by atoms with Crippen LogP contribution in [-0.2, 0) is 30.9 Å². The second kappa shape index (κ2) is 16.9. The lowest BCUT2D eigenvalue weighted by Gasteiger charge is -2.31. The van der Waals surface area contributed by atoms with Gasteiger partial charge in [-0.05, 0) is 92.1 Å². The average molecular weight is 682 g/mol. The molecule has 2 amide bonds. The molecule has 248 valence electrons. The molecule has 0 spiro atoms. The van der Waals surface area contributed by atoms with Gasteiger partial charge in [0, 0.05) is 30.4 Å². The summed E-state index contributed by atoms with van der Waals surface area (Å²) in [5.41, 5.74) is 1.58. The van der Waals surface area contributed by atoms with Crippen molar-refractivity contribution in [1.82, 2.24) is 10.2 Å². The van der Waals surface area contributed by atoms with Crippen molar-refractivity contribution >= 4 is 39.1 Å². The van der Waals surface area contributed by atoms with Gasteiger partial charge in [0.15, 0.2) is 6.61 Å². The number of amides is 2. The van der Waals surface area contributed by atoms with Crippen molar-refractivity contribution in [2.45, 2.75) is 43.9 Å². The predicted octanol–water partition coefficient (Wildman–Crippen LogP) is 6.36. The van der Waals surface area contributed by atoms with Crippen molar-refractivity contribution in [3.63, 3.8) is 0 Å². The third kappa shape index (κ3) is 10.8. The second-order valence-electron chi connectivity index (χ2n) is 10.9. The van der Waals surface area contributed by atoms with Crippen LogP contribution in [0.4, 0.5) is 10.1 Å². The van der Waals surface area contributed by atoms with Crippen LogP contribution >= 0.6 is 11.6 Å². The maximum Gasteiger partial charge on any atom is 0.261 e. The van der Waals surface area contributed by atoms with Crippen molar-refractivity contribution in [1.29, 1.82) is 0 Å². The lowest BCUT2D eigenvalue weighted by molar-refractivity contribution is -0.143. The number of nitrogens with one attached hydrogen (secondary N) is 2. The van der Waals surface area contributed by atoms with Crippen LogP contribution in [0.15, 0.2) is 108 Å². The zero-order valence-electron chi connectivity index (χ0n) is 26.1. The van der Waals surface area contributed by atoms with E-state index in [1.807, 2.05) is 19.9 Å². The van der Waals surface area contributed by atoms with Crippen LogP contribution < -0.4 is 14.8 Å². The summed E-state index contributed by atoms with van der Waals surface area (Å²) in [4.78, 5) is 28.9. The summed E-state index contributed by atoms with van der Waals surface area (Å²) in [5, 5.41) is 3.48. The number of ether oxygens (including phenoxy) is 2. The Bertz CT molecular complexity index is 1710. The number of hydrogen-bond donors (Lipinski definition) is 2. The minimum Gasteiger partial charge on any atom is -0.484 e. The summed E-state index contributed by atoms with van der Waals surface area (Å²) in [6.45, 7) is 4.39. The van der Waals surface area contributed by atoms with Crippen LogP contribution in [0.3, 0.4) is 0 Å². The summed E-state index contributed by atoms with van der Waals surface area (Å²) in [6, 6.07) is 25.5. The maximum atomic E-state index is 13.9. The smallest absolute Gasteiger partial charge is 0.261 e. The number of nitrogens with zero attached hydrogens (tertiary/aromatic N) is 1. The van der Waals surface area contributed by atoms with Crippen molar-refractivity contribution in [2.24, 2.45) is 0 Å². The van der Waals surface area contributed by atoms with Gasteiger partial charge in [0.2, 0.25) is 5.91 Å². The standard InChI is InChI=1S/C35H37ClFN3O6S/c1-25(2)45-22-6-21-38-35(42)34(27-7-4-3-5-8-27)40(23-26-9-11-28(36)12-10-26)33(41)24-46-31-17-19-32(20-18-31)47(43,44)39-30-15-13-29(37)14-16-30/h3-5,7-20,25,34,39H,6,21-24H2,1-2H3,(H,38,42)/t34-/m1/s1. The Balaban J connectivity index is 1.51. The van der Waals surface area contributed by atoms with E-state index < -0.39 is 34.4 Å². The van der Waals surface area contributed by atoms with E-state index in [9.17, 15) is 22.4 Å². The predicted molar refractivity (Wildman–Crippen MR) is 179 cm³/mol. The zero-order chi connectivity index (χ0) is 33.8. The topological polar surface area (TPSA) is 114 Å². The minimum absolute atomic E-state index is 0.0514. The lowest BCUT2D eigenvalue weighted by atomic mass is 10.0. The number of carbonyl (C=O) groups is 2. The molecule has 0 aliphatic heterocycles. The SMILES string of the molecule is CC(C)OCCCNC(=O)[C@@H](c1ccccc1)N(Cc1ccc(Cl)cc1)C(=O)COc1ccc(S(=O)(=O)Nc2ccc(F)cc2)cc1. The first-order valence-corrected chi connectivity index (χ1v) is 16.9. The van der Waals surface area contributed by atoms with Gasteiger partial charge < -0.3 is 19.7 Å². The van der Waals surface area contributed by atoms with E-state index in [2.05, 4.69) is 10.0 Å². The van der Waals surface area contributed by atoms with Gasteiger partial charge in [-0.3, -0.25) is 14.3 Å². The Morgan fingerprint density at radius 1 is 0.894 bits per heavy atom. The largest absolute Gasteiger partial charge is 0.484 e. The van der Waals surface area contributed by atoms with Gasteiger partial charge in [0.05, 0.1) is 11.0 Å². The van der Waals surface area contributed by atoms with E-state index in [1.165, 1.54) is 41.3 Å². The highest BCUT2D eigenvalue weighted by atomic mass is 35.5. The molecule has 4 aromatic rings. The normalized spacial score (nSPS) is 11.9. The number of anilines is 1. The number of hydrogen-bond acceptors (Lipinski definition) is 6. The number of rotatable bonds is 16. The molecule has 0 radical (unpaired) electrons. The van der Waals surface area contributed by atoms with E-state index >= 15 is 0 Å². The van der Waals surface area contributed by atoms with Crippen LogP contribution in [0, 0.1) is 5.82 Å². The highest BCUT2D eigenvalue weighted by Gasteiger charge is 2.32. The molecule has 2 N–H and O–H groups in total. The molecular formula is C35H37ClFN3O6S. The molecule has 0 aliphatic carbocycles. The van der Waals surface area contributed by atoms with E-state index in [-0.39, 0.29) is 34.9 Å². The molecule has 0 saturated carbocycles. The average Bonchev–Trinajstić information content (AvgIpc) is 3.05. The summed E-state index contributed by atoms with van der Waals surface area (Å²) in [7, 11) is -3.96. The third-order valence-corrected chi connectivity index (χ3v) is 8.58. The van der Waals surface area contributed by atoms with Crippen LogP contribution in [0.2, 0.25) is 5.02 Å². The minimum atomic E-state index is -3.96. The molecule has 0 unspecified atom stereocenters. The fourth-order valence-electron chi connectivity index (χ4n) is 4.59. The van der Waals surface area contributed by atoms with E-state index in [0.717, 1.165) is 17.7 Å². The molecule has 0 aliphatic rings. The Labute approximate surface area is 279 Å². The Morgan fingerprint density at radius 2 is 1.55 bits per heavy atom. The Kier molecular flexibility index (Phi) is 12.7. The monoisotopic (exact) mass is 681 g/mol. The molecule has 0 fully saturated rings. The highest BCUT2D eigenvalue weighted by molar-refractivity contribution is 7.92. The molecule has 0 heterocycles. The first-order chi connectivity index (χ1) is 22.5. The van der Waals surface area contributed by atoms with E-state index in [4.69, 9.17) is 21.1 Å². The van der Waals surface area contributed by atoms with Crippen LogP contribution in [0.25, 0.3) is 0 Å². The molecule has 9 nitrogen and oxygen atoms in total. The Morgan fingerprint density at radius 3 is 2.19 bits per heavy atom. The molecule has 12 heteroatoms. The molecular weight excluding hydrogens is 645 g/mol. The summed E-state index contributed by atoms with van der Waals surface area (Å²) < 4.78 is 52.6. The summed E-state index contributed by atoms with van der Waals surface area (Å²) in [5.74, 6) is -1.07. The van der Waals surface area contributed by atoms with Crippen LogP contribution in [-0.4, -0.2) is 51.0 Å². The zero-order valence-corrected chi connectivity index (χ0v) is 27.6. The molecule has 0 bridgehead atoms. The number of halogens is 2. The first-order valence-electron chi connectivity index (χ1n) is 15.0. The number of sulfonamides is 1. The van der Waals surface area contributed by atoms with Gasteiger partial charge in [-0.25, -0.2) is 12.8 Å². The molecule has 1 atom stereocenters. The second-order valence-corrected chi connectivity index (χ2v) is 13.0. The van der Waals surface area contributed by atoms with Crippen molar-refractivity contribution in [3.05, 3.63) is 125 Å². The van der Waals surface area contributed by atoms with Crippen molar-refractivity contribution in [2.75, 3.05) is 24.5 Å². The van der Waals surface area contributed by atoms with Gasteiger partial charge in [-0.2, -0.15) is 0 Å². The van der Waals surface area contributed by atoms with Gasteiger partial charge in [0.1, 0.15) is 17.6 Å². The molecule has 0 aromatic heterocycles. The van der Waals surface area contributed by atoms with Crippen molar-refractivity contribution < 1.29 is 31.9 Å². The van der Waals surface area contributed by atoms with Gasteiger partial charge >= 0.3 is 0 Å². The van der Waals surface area contributed by atoms with Gasteiger partial charge in [-0.15, -0.1) is 0 Å². The van der Waals surface area contributed by atoms with Crippen molar-refractivity contribution in [3.8, 4) is 5.75 Å². The van der Waals surface area contributed by atoms with Crippen LogP contribution in [0.5, 0.6) is 5.75 Å². The molecule has 4 aromatic carbocycles. The summed E-state index contributed by atoms with van der Waals surface area (Å²) >= 11 is 6.09. The highest BCUT2D eigenvalue weighted by Crippen LogP contribution is 2.26. The van der Waals surface area contributed by atoms with Gasteiger partial charge in [0.25, 0.3) is 15.9 Å². The van der Waals surface area contributed by atoms with Gasteiger partial charge in [-0.1, -0.05) is 54.1 Å².